The van der Waals surface area contributed by atoms with Gasteiger partial charge in [0.15, 0.2) is 0 Å². The van der Waals surface area contributed by atoms with Crippen LogP contribution in [-0.2, 0) is 4.79 Å². The monoisotopic (exact) mass is 486 g/mol. The number of pyridine rings is 1. The van der Waals surface area contributed by atoms with Gasteiger partial charge in [-0.3, -0.25) is 23.7 Å². The van der Waals surface area contributed by atoms with Gasteiger partial charge in [-0.05, 0) is 42.5 Å². The van der Waals surface area contributed by atoms with E-state index in [4.69, 9.17) is 11.6 Å². The number of halogens is 1. The van der Waals surface area contributed by atoms with Gasteiger partial charge in [-0.25, -0.2) is 0 Å². The van der Waals surface area contributed by atoms with Crippen molar-refractivity contribution >= 4 is 40.7 Å². The number of likely N-dealkylation sites (N-methyl/N-ethyl adjacent to an activating group) is 1. The minimum Gasteiger partial charge on any atom is -0.350 e. The highest BCUT2D eigenvalue weighted by atomic mass is 35.5. The number of carbonyl (C=O) groups is 3. The van der Waals surface area contributed by atoms with Crippen molar-refractivity contribution in [3.05, 3.63) is 85.9 Å². The Labute approximate surface area is 199 Å². The Bertz CT molecular complexity index is 1210. The summed E-state index contributed by atoms with van der Waals surface area (Å²) in [4.78, 5) is 50.7. The van der Waals surface area contributed by atoms with Gasteiger partial charge in [0.1, 0.15) is 0 Å². The third-order valence-electron chi connectivity index (χ3n) is 4.90. The van der Waals surface area contributed by atoms with Crippen LogP contribution in [0.15, 0.2) is 65.6 Å². The molecule has 3 aromatic rings. The molecule has 0 aliphatic heterocycles. The Kier molecular flexibility index (Phi) is 8.02. The van der Waals surface area contributed by atoms with E-state index in [1.165, 1.54) is 22.5 Å². The molecule has 0 aliphatic carbocycles. The molecule has 2 N–H and O–H groups in total. The number of nitrogens with one attached hydrogen (secondary N) is 2. The van der Waals surface area contributed by atoms with Crippen LogP contribution >= 0.6 is 22.9 Å². The summed E-state index contributed by atoms with van der Waals surface area (Å²) >= 11 is 7.05. The van der Waals surface area contributed by atoms with Gasteiger partial charge in [0, 0.05) is 50.6 Å². The molecule has 3 rings (SSSR count). The molecule has 172 valence electrons. The van der Waals surface area contributed by atoms with Crippen molar-refractivity contribution in [1.29, 1.82) is 0 Å². The quantitative estimate of drug-likeness (QED) is 0.511. The lowest BCUT2D eigenvalue weighted by Gasteiger charge is -2.24. The lowest BCUT2D eigenvalue weighted by atomic mass is 10.1. The number of nitrogens with zero attached hydrogens (tertiary/aromatic N) is 2. The fourth-order valence-corrected chi connectivity index (χ4v) is 3.99. The van der Waals surface area contributed by atoms with Crippen LogP contribution in [0.25, 0.3) is 5.69 Å². The Morgan fingerprint density at radius 3 is 2.39 bits per heavy atom. The zero-order chi connectivity index (χ0) is 24.0. The molecule has 3 amide bonds. The SMILES string of the molecule is CC(=O)N(C)CC(CNC(=O)c1ccc(-n2ccccc2=O)cc1)NC(=O)c1ccc(Cl)s1. The summed E-state index contributed by atoms with van der Waals surface area (Å²) in [6, 6.07) is 14.2. The molecule has 1 aromatic carbocycles. The second-order valence-electron chi connectivity index (χ2n) is 7.34. The molecule has 0 fully saturated rings. The van der Waals surface area contributed by atoms with Gasteiger partial charge in [-0.1, -0.05) is 17.7 Å². The summed E-state index contributed by atoms with van der Waals surface area (Å²) in [5.41, 5.74) is 0.868. The van der Waals surface area contributed by atoms with Gasteiger partial charge in [-0.15, -0.1) is 11.3 Å². The standard InChI is InChI=1S/C23H23ClN4O4S/c1-15(29)27(2)14-17(26-23(32)19-10-11-20(24)33-19)13-25-22(31)16-6-8-18(9-7-16)28-12-4-3-5-21(28)30/h3-12,17H,13-14H2,1-2H3,(H,25,31)(H,26,32). The number of hydrogen-bond acceptors (Lipinski definition) is 5. The van der Waals surface area contributed by atoms with E-state index >= 15 is 0 Å². The molecule has 0 spiro atoms. The highest BCUT2D eigenvalue weighted by Crippen LogP contribution is 2.21. The number of carbonyl (C=O) groups excluding carboxylic acids is 3. The Balaban J connectivity index is 1.66. The van der Waals surface area contributed by atoms with Crippen molar-refractivity contribution in [1.82, 2.24) is 20.1 Å². The van der Waals surface area contributed by atoms with E-state index < -0.39 is 6.04 Å². The Morgan fingerprint density at radius 2 is 1.79 bits per heavy atom. The summed E-state index contributed by atoms with van der Waals surface area (Å²) in [6.45, 7) is 1.76. The first kappa shape index (κ1) is 24.2. The van der Waals surface area contributed by atoms with Crippen LogP contribution in [0.4, 0.5) is 0 Å². The van der Waals surface area contributed by atoms with Crippen molar-refractivity contribution in [3.8, 4) is 5.69 Å². The van der Waals surface area contributed by atoms with Crippen molar-refractivity contribution in [3.63, 3.8) is 0 Å². The van der Waals surface area contributed by atoms with Gasteiger partial charge in [0.25, 0.3) is 17.4 Å². The number of aromatic nitrogens is 1. The first-order valence-corrected chi connectivity index (χ1v) is 11.3. The summed E-state index contributed by atoms with van der Waals surface area (Å²) < 4.78 is 1.97. The molecule has 0 bridgehead atoms. The molecule has 0 saturated carbocycles. The zero-order valence-corrected chi connectivity index (χ0v) is 19.7. The predicted octanol–water partition coefficient (Wildman–Crippen LogP) is 2.56. The van der Waals surface area contributed by atoms with E-state index in [2.05, 4.69) is 10.6 Å². The van der Waals surface area contributed by atoms with Crippen molar-refractivity contribution in [2.45, 2.75) is 13.0 Å². The third kappa shape index (κ3) is 6.53. The molecule has 2 heterocycles. The lowest BCUT2D eigenvalue weighted by Crippen LogP contribution is -2.50. The van der Waals surface area contributed by atoms with Gasteiger partial charge in [0.05, 0.1) is 15.3 Å². The van der Waals surface area contributed by atoms with E-state index in [9.17, 15) is 19.2 Å². The average molecular weight is 487 g/mol. The molecule has 0 radical (unpaired) electrons. The minimum atomic E-state index is -0.515. The normalized spacial score (nSPS) is 11.5. The molecule has 1 atom stereocenters. The largest absolute Gasteiger partial charge is 0.350 e. The van der Waals surface area contributed by atoms with Crippen molar-refractivity contribution in [2.24, 2.45) is 0 Å². The van der Waals surface area contributed by atoms with Crippen LogP contribution in [-0.4, -0.2) is 53.4 Å². The van der Waals surface area contributed by atoms with Gasteiger partial charge < -0.3 is 15.5 Å². The number of thiophene rings is 1. The molecular weight excluding hydrogens is 464 g/mol. The van der Waals surface area contributed by atoms with Crippen molar-refractivity contribution in [2.75, 3.05) is 20.1 Å². The number of hydrogen-bond donors (Lipinski definition) is 2. The van der Waals surface area contributed by atoms with E-state index in [-0.39, 0.29) is 36.4 Å². The topological polar surface area (TPSA) is 101 Å². The highest BCUT2D eigenvalue weighted by Gasteiger charge is 2.19. The molecule has 0 aliphatic rings. The molecular formula is C23H23ClN4O4S. The van der Waals surface area contributed by atoms with Crippen LogP contribution in [0.1, 0.15) is 27.0 Å². The molecule has 1 unspecified atom stereocenters. The molecule has 33 heavy (non-hydrogen) atoms. The summed E-state index contributed by atoms with van der Waals surface area (Å²) in [5.74, 6) is -0.835. The Hall–Kier alpha value is -3.43. The maximum atomic E-state index is 12.7. The van der Waals surface area contributed by atoms with E-state index in [0.717, 1.165) is 11.3 Å². The summed E-state index contributed by atoms with van der Waals surface area (Å²) in [7, 11) is 1.62. The third-order valence-corrected chi connectivity index (χ3v) is 6.13. The minimum absolute atomic E-state index is 0.112. The maximum absolute atomic E-state index is 12.7. The van der Waals surface area contributed by atoms with Gasteiger partial charge >= 0.3 is 0 Å². The van der Waals surface area contributed by atoms with E-state index in [1.54, 1.807) is 61.8 Å². The van der Waals surface area contributed by atoms with Crippen LogP contribution in [0.5, 0.6) is 0 Å². The summed E-state index contributed by atoms with van der Waals surface area (Å²) in [5, 5.41) is 5.64. The van der Waals surface area contributed by atoms with Crippen LogP contribution in [0.2, 0.25) is 4.34 Å². The second kappa shape index (κ2) is 10.9. The van der Waals surface area contributed by atoms with Crippen LogP contribution in [0.3, 0.4) is 0 Å². The molecule has 8 nitrogen and oxygen atoms in total. The van der Waals surface area contributed by atoms with Gasteiger partial charge in [-0.2, -0.15) is 0 Å². The van der Waals surface area contributed by atoms with Crippen LogP contribution < -0.4 is 16.2 Å². The summed E-state index contributed by atoms with van der Waals surface area (Å²) in [6.07, 6.45) is 1.65. The first-order chi connectivity index (χ1) is 15.7. The predicted molar refractivity (Wildman–Crippen MR) is 128 cm³/mol. The zero-order valence-electron chi connectivity index (χ0n) is 18.1. The fraction of sp³-hybridized carbons (Fsp3) is 0.217. The highest BCUT2D eigenvalue weighted by molar-refractivity contribution is 7.18. The number of benzene rings is 1. The van der Waals surface area contributed by atoms with E-state index in [1.807, 2.05) is 0 Å². The van der Waals surface area contributed by atoms with E-state index in [0.29, 0.717) is 20.5 Å². The fourth-order valence-electron chi connectivity index (χ4n) is 3.05. The number of rotatable bonds is 8. The molecule has 0 saturated heterocycles. The number of amides is 3. The van der Waals surface area contributed by atoms with Crippen molar-refractivity contribution < 1.29 is 14.4 Å². The average Bonchev–Trinajstić information content (AvgIpc) is 3.24. The second-order valence-corrected chi connectivity index (χ2v) is 9.05. The van der Waals surface area contributed by atoms with Crippen LogP contribution in [0, 0.1) is 0 Å². The smallest absolute Gasteiger partial charge is 0.261 e. The first-order valence-electron chi connectivity index (χ1n) is 10.1. The Morgan fingerprint density at radius 1 is 1.06 bits per heavy atom. The molecule has 2 aromatic heterocycles. The maximum Gasteiger partial charge on any atom is 0.261 e. The lowest BCUT2D eigenvalue weighted by molar-refractivity contribution is -0.127. The van der Waals surface area contributed by atoms with Gasteiger partial charge in [0.2, 0.25) is 5.91 Å². The molecule has 10 heteroatoms.